The third-order valence-electron chi connectivity index (χ3n) is 1.46. The molecule has 0 unspecified atom stereocenters. The molecule has 1 aromatic rings. The van der Waals surface area contributed by atoms with Gasteiger partial charge in [-0.2, -0.15) is 0 Å². The van der Waals surface area contributed by atoms with Crippen LogP contribution in [0, 0.1) is 12.8 Å². The summed E-state index contributed by atoms with van der Waals surface area (Å²) in [6.45, 7) is 6.02. The summed E-state index contributed by atoms with van der Waals surface area (Å²) >= 11 is 1.44. The van der Waals surface area contributed by atoms with Crippen LogP contribution in [0.1, 0.15) is 28.5 Å². The molecule has 2 nitrogen and oxygen atoms in total. The molecule has 0 aliphatic rings. The zero-order valence-corrected chi connectivity index (χ0v) is 8.89. The Morgan fingerprint density at radius 1 is 1.62 bits per heavy atom. The lowest BCUT2D eigenvalue weighted by atomic mass is 10.2. The largest absolute Gasteiger partial charge is 0.287 e. The summed E-state index contributed by atoms with van der Waals surface area (Å²) in [4.78, 5) is 16.5. The minimum Gasteiger partial charge on any atom is -0.287 e. The Morgan fingerprint density at radius 2 is 2.31 bits per heavy atom. The van der Waals surface area contributed by atoms with E-state index in [0.29, 0.717) is 10.9 Å². The second-order valence-corrected chi connectivity index (χ2v) is 4.48. The molecule has 0 spiro atoms. The average molecular weight is 195 g/mol. The van der Waals surface area contributed by atoms with E-state index in [9.17, 15) is 4.79 Å². The van der Waals surface area contributed by atoms with Crippen molar-refractivity contribution in [3.63, 3.8) is 0 Å². The van der Waals surface area contributed by atoms with E-state index in [1.54, 1.807) is 12.3 Å². The summed E-state index contributed by atoms with van der Waals surface area (Å²) in [7, 11) is 0. The van der Waals surface area contributed by atoms with Gasteiger partial charge in [0.05, 0.1) is 0 Å². The summed E-state index contributed by atoms with van der Waals surface area (Å²) in [5.74, 6) is 0.414. The molecular formula is C10H13NOS. The molecule has 70 valence electrons. The highest BCUT2D eigenvalue weighted by Gasteiger charge is 2.05. The topological polar surface area (TPSA) is 30.0 Å². The van der Waals surface area contributed by atoms with Crippen LogP contribution in [0.3, 0.4) is 0 Å². The molecule has 0 fully saturated rings. The van der Waals surface area contributed by atoms with Gasteiger partial charge >= 0.3 is 0 Å². The highest BCUT2D eigenvalue weighted by Crippen LogP contribution is 2.12. The minimum absolute atomic E-state index is 0.00630. The highest BCUT2D eigenvalue weighted by atomic mass is 32.1. The molecule has 0 atom stereocenters. The van der Waals surface area contributed by atoms with E-state index in [4.69, 9.17) is 0 Å². The van der Waals surface area contributed by atoms with Crippen LogP contribution in [-0.4, -0.2) is 10.8 Å². The Balaban J connectivity index is 2.69. The van der Waals surface area contributed by atoms with Gasteiger partial charge in [-0.05, 0) is 18.9 Å². The standard InChI is InChI=1S/C10H13NOS/c1-7(2)4-5-9(12)10-11-6-8(3)13-10/h4-7H,1-3H3/b5-4+. The summed E-state index contributed by atoms with van der Waals surface area (Å²) in [6, 6.07) is 0. The first kappa shape index (κ1) is 10.1. The lowest BCUT2D eigenvalue weighted by molar-refractivity contribution is 0.104. The summed E-state index contributed by atoms with van der Waals surface area (Å²) in [5.41, 5.74) is 0. The van der Waals surface area contributed by atoms with Crippen molar-refractivity contribution in [2.24, 2.45) is 5.92 Å². The molecule has 0 aliphatic heterocycles. The number of carbonyl (C=O) groups is 1. The van der Waals surface area contributed by atoms with Gasteiger partial charge in [-0.25, -0.2) is 4.98 Å². The van der Waals surface area contributed by atoms with E-state index in [1.807, 2.05) is 26.8 Å². The molecule has 13 heavy (non-hydrogen) atoms. The molecule has 0 radical (unpaired) electrons. The van der Waals surface area contributed by atoms with Crippen molar-refractivity contribution in [3.05, 3.63) is 28.2 Å². The Bertz CT molecular complexity index is 325. The Labute approximate surface area is 82.3 Å². The smallest absolute Gasteiger partial charge is 0.214 e. The third kappa shape index (κ3) is 3.11. The van der Waals surface area contributed by atoms with Crippen LogP contribution >= 0.6 is 11.3 Å². The molecule has 0 saturated carbocycles. The minimum atomic E-state index is 0.00630. The molecule has 0 saturated heterocycles. The van der Waals surface area contributed by atoms with Crippen LogP contribution in [-0.2, 0) is 0 Å². The van der Waals surface area contributed by atoms with Gasteiger partial charge in [0.25, 0.3) is 0 Å². The van der Waals surface area contributed by atoms with Gasteiger partial charge in [-0.15, -0.1) is 11.3 Å². The monoisotopic (exact) mass is 195 g/mol. The molecule has 1 heterocycles. The number of carbonyl (C=O) groups excluding carboxylic acids is 1. The molecule has 0 N–H and O–H groups in total. The maximum absolute atomic E-state index is 11.4. The van der Waals surface area contributed by atoms with Gasteiger partial charge in [0.2, 0.25) is 5.78 Å². The quantitative estimate of drug-likeness (QED) is 0.548. The summed E-state index contributed by atoms with van der Waals surface area (Å²) in [6.07, 6.45) is 5.21. The second-order valence-electron chi connectivity index (χ2n) is 3.24. The molecule has 0 aliphatic carbocycles. The number of thiazole rings is 1. The summed E-state index contributed by atoms with van der Waals surface area (Å²) in [5, 5.41) is 0.578. The normalized spacial score (nSPS) is 11.4. The van der Waals surface area contributed by atoms with Crippen LogP contribution in [0.25, 0.3) is 0 Å². The van der Waals surface area contributed by atoms with E-state index in [-0.39, 0.29) is 5.78 Å². The van der Waals surface area contributed by atoms with Gasteiger partial charge in [-0.3, -0.25) is 4.79 Å². The van der Waals surface area contributed by atoms with Crippen molar-refractivity contribution < 1.29 is 4.79 Å². The molecule has 1 aromatic heterocycles. The van der Waals surface area contributed by atoms with Crippen LogP contribution in [0.2, 0.25) is 0 Å². The number of aryl methyl sites for hydroxylation is 1. The van der Waals surface area contributed by atoms with Crippen LogP contribution in [0.5, 0.6) is 0 Å². The molecule has 3 heteroatoms. The first-order valence-corrected chi connectivity index (χ1v) is 5.06. The summed E-state index contributed by atoms with van der Waals surface area (Å²) < 4.78 is 0. The van der Waals surface area contributed by atoms with Crippen molar-refractivity contribution in [2.45, 2.75) is 20.8 Å². The lowest BCUT2D eigenvalue weighted by Gasteiger charge is -1.91. The Hall–Kier alpha value is -0.960. The Kier molecular flexibility index (Phi) is 3.37. The number of hydrogen-bond donors (Lipinski definition) is 0. The zero-order valence-electron chi connectivity index (χ0n) is 8.07. The van der Waals surface area contributed by atoms with Crippen molar-refractivity contribution in [1.29, 1.82) is 0 Å². The van der Waals surface area contributed by atoms with Gasteiger partial charge in [-0.1, -0.05) is 19.9 Å². The van der Waals surface area contributed by atoms with E-state index < -0.39 is 0 Å². The molecular weight excluding hydrogens is 182 g/mol. The fourth-order valence-corrected chi connectivity index (χ4v) is 1.50. The number of aromatic nitrogens is 1. The molecule has 0 bridgehead atoms. The first-order chi connectivity index (χ1) is 6.09. The van der Waals surface area contributed by atoms with Crippen molar-refractivity contribution in [2.75, 3.05) is 0 Å². The van der Waals surface area contributed by atoms with Crippen LogP contribution < -0.4 is 0 Å². The van der Waals surface area contributed by atoms with Gasteiger partial charge in [0.1, 0.15) is 0 Å². The number of allylic oxidation sites excluding steroid dienone is 2. The number of nitrogens with zero attached hydrogens (tertiary/aromatic N) is 1. The Morgan fingerprint density at radius 3 is 2.77 bits per heavy atom. The molecule has 0 aromatic carbocycles. The van der Waals surface area contributed by atoms with Gasteiger partial charge in [0, 0.05) is 11.1 Å². The highest BCUT2D eigenvalue weighted by molar-refractivity contribution is 7.13. The first-order valence-electron chi connectivity index (χ1n) is 4.24. The van der Waals surface area contributed by atoms with E-state index in [0.717, 1.165) is 4.88 Å². The van der Waals surface area contributed by atoms with Crippen LogP contribution in [0.15, 0.2) is 18.3 Å². The van der Waals surface area contributed by atoms with Gasteiger partial charge < -0.3 is 0 Å². The maximum Gasteiger partial charge on any atom is 0.214 e. The van der Waals surface area contributed by atoms with Crippen molar-refractivity contribution in [1.82, 2.24) is 4.98 Å². The SMILES string of the molecule is Cc1cnc(C(=O)/C=C/C(C)C)s1. The zero-order chi connectivity index (χ0) is 9.84. The number of ketones is 1. The number of hydrogen-bond acceptors (Lipinski definition) is 3. The van der Waals surface area contributed by atoms with Gasteiger partial charge in [0.15, 0.2) is 5.01 Å². The maximum atomic E-state index is 11.4. The van der Waals surface area contributed by atoms with Crippen molar-refractivity contribution in [3.8, 4) is 0 Å². The average Bonchev–Trinajstić information content (AvgIpc) is 2.47. The number of rotatable bonds is 3. The molecule has 1 rings (SSSR count). The lowest BCUT2D eigenvalue weighted by Crippen LogP contribution is -1.93. The fourth-order valence-electron chi connectivity index (χ4n) is 0.820. The van der Waals surface area contributed by atoms with E-state index in [1.165, 1.54) is 11.3 Å². The third-order valence-corrected chi connectivity index (χ3v) is 2.39. The van der Waals surface area contributed by atoms with Crippen molar-refractivity contribution >= 4 is 17.1 Å². The van der Waals surface area contributed by atoms with Crippen LogP contribution in [0.4, 0.5) is 0 Å². The second kappa shape index (κ2) is 4.33. The molecule has 0 amide bonds. The fraction of sp³-hybridized carbons (Fsp3) is 0.400. The predicted octanol–water partition coefficient (Wildman–Crippen LogP) is 2.85. The van der Waals surface area contributed by atoms with E-state index in [2.05, 4.69) is 4.98 Å². The predicted molar refractivity (Wildman–Crippen MR) is 55.2 cm³/mol. The van der Waals surface area contributed by atoms with E-state index >= 15 is 0 Å².